The Morgan fingerprint density at radius 3 is 3.00 bits per heavy atom. The number of thiazole rings is 1. The van der Waals surface area contributed by atoms with Crippen LogP contribution in [-0.2, 0) is 15.4 Å². The molecular formula is C12H20N2O2S2. The van der Waals surface area contributed by atoms with Crippen molar-refractivity contribution in [2.75, 3.05) is 12.4 Å². The van der Waals surface area contributed by atoms with Crippen LogP contribution in [0, 0.1) is 12.8 Å². The number of hydrogen-bond donors (Lipinski definition) is 1. The monoisotopic (exact) mass is 288 g/mol. The molecule has 0 atom stereocenters. The molecule has 1 rings (SSSR count). The average Bonchev–Trinajstić information content (AvgIpc) is 2.70. The Labute approximate surface area is 116 Å². The van der Waals surface area contributed by atoms with Crippen molar-refractivity contribution in [2.45, 2.75) is 32.9 Å². The van der Waals surface area contributed by atoms with Gasteiger partial charge in [0.05, 0.1) is 17.3 Å². The van der Waals surface area contributed by atoms with Crippen LogP contribution in [0.2, 0.25) is 0 Å². The Hall–Kier alpha value is -0.590. The van der Waals surface area contributed by atoms with Gasteiger partial charge in [-0.25, -0.2) is 10.5 Å². The van der Waals surface area contributed by atoms with Gasteiger partial charge in [-0.1, -0.05) is 13.8 Å². The third kappa shape index (κ3) is 6.98. The Kier molecular flexibility index (Phi) is 7.31. The topological polar surface area (TPSA) is 51.2 Å². The summed E-state index contributed by atoms with van der Waals surface area (Å²) in [5, 5.41) is 3.15. The van der Waals surface area contributed by atoms with Crippen LogP contribution in [-0.4, -0.2) is 23.3 Å². The molecule has 0 fully saturated rings. The summed E-state index contributed by atoms with van der Waals surface area (Å²) in [6, 6.07) is 0. The zero-order valence-electron chi connectivity index (χ0n) is 11.1. The van der Waals surface area contributed by atoms with Crippen LogP contribution in [0.5, 0.6) is 0 Å². The molecule has 0 aliphatic rings. The summed E-state index contributed by atoms with van der Waals surface area (Å²) < 4.78 is 0. The summed E-state index contributed by atoms with van der Waals surface area (Å²) in [7, 11) is 0. The summed E-state index contributed by atoms with van der Waals surface area (Å²) in [6.45, 7) is 6.63. The number of aromatic nitrogens is 1. The van der Waals surface area contributed by atoms with Gasteiger partial charge in [-0.3, -0.25) is 9.63 Å². The molecule has 0 unspecified atom stereocenters. The lowest BCUT2D eigenvalue weighted by atomic mass is 10.2. The molecule has 1 aromatic rings. The van der Waals surface area contributed by atoms with Crippen LogP contribution in [0.4, 0.5) is 0 Å². The molecule has 0 spiro atoms. The lowest BCUT2D eigenvalue weighted by Crippen LogP contribution is -2.25. The highest BCUT2D eigenvalue weighted by atomic mass is 32.2. The van der Waals surface area contributed by atoms with E-state index in [9.17, 15) is 4.79 Å². The maximum absolute atomic E-state index is 11.4. The molecule has 0 aromatic carbocycles. The standard InChI is InChI=1S/C12H20N2O2S2/c1-9(2)6-16-14-12(15)4-5-17-7-11-8-18-10(3)13-11/h8-9H,4-7H2,1-3H3,(H,14,15). The van der Waals surface area contributed by atoms with Gasteiger partial charge in [-0.05, 0) is 12.8 Å². The van der Waals surface area contributed by atoms with E-state index in [-0.39, 0.29) is 5.91 Å². The number of nitrogens with one attached hydrogen (secondary N) is 1. The van der Waals surface area contributed by atoms with Crippen molar-refractivity contribution in [3.05, 3.63) is 16.1 Å². The third-order valence-corrected chi connectivity index (χ3v) is 3.81. The van der Waals surface area contributed by atoms with Gasteiger partial charge in [-0.2, -0.15) is 11.8 Å². The summed E-state index contributed by atoms with van der Waals surface area (Å²) in [6.07, 6.45) is 0.478. The van der Waals surface area contributed by atoms with Gasteiger partial charge < -0.3 is 0 Å². The van der Waals surface area contributed by atoms with Crippen LogP contribution in [0.15, 0.2) is 5.38 Å². The number of amides is 1. The maximum Gasteiger partial charge on any atom is 0.244 e. The fourth-order valence-corrected chi connectivity index (χ4v) is 2.71. The first-order chi connectivity index (χ1) is 8.58. The second kappa shape index (κ2) is 8.50. The van der Waals surface area contributed by atoms with Crippen molar-refractivity contribution in [3.8, 4) is 0 Å². The van der Waals surface area contributed by atoms with Gasteiger partial charge in [0.15, 0.2) is 0 Å². The molecular weight excluding hydrogens is 268 g/mol. The molecule has 18 heavy (non-hydrogen) atoms. The van der Waals surface area contributed by atoms with Gasteiger partial charge in [-0.15, -0.1) is 11.3 Å². The van der Waals surface area contributed by atoms with Crippen molar-refractivity contribution in [1.29, 1.82) is 0 Å². The summed E-state index contributed by atoms with van der Waals surface area (Å²) in [5.74, 6) is 2.02. The zero-order chi connectivity index (χ0) is 13.4. The van der Waals surface area contributed by atoms with Gasteiger partial charge in [0.2, 0.25) is 5.91 Å². The molecule has 1 aromatic heterocycles. The van der Waals surface area contributed by atoms with Gasteiger partial charge in [0.25, 0.3) is 0 Å². The number of hydrogen-bond acceptors (Lipinski definition) is 5. The van der Waals surface area contributed by atoms with Crippen LogP contribution in [0.25, 0.3) is 0 Å². The quantitative estimate of drug-likeness (QED) is 0.590. The van der Waals surface area contributed by atoms with E-state index in [1.807, 2.05) is 20.8 Å². The van der Waals surface area contributed by atoms with E-state index in [2.05, 4.69) is 15.8 Å². The lowest BCUT2D eigenvalue weighted by molar-refractivity contribution is -0.133. The van der Waals surface area contributed by atoms with E-state index < -0.39 is 0 Å². The number of hydroxylamine groups is 1. The third-order valence-electron chi connectivity index (χ3n) is 1.99. The first-order valence-corrected chi connectivity index (χ1v) is 8.00. The minimum Gasteiger partial charge on any atom is -0.273 e. The van der Waals surface area contributed by atoms with E-state index in [4.69, 9.17) is 4.84 Å². The second-order valence-corrected chi connectivity index (χ2v) is 6.56. The molecule has 4 nitrogen and oxygen atoms in total. The predicted molar refractivity (Wildman–Crippen MR) is 76.6 cm³/mol. The van der Waals surface area contributed by atoms with E-state index in [0.29, 0.717) is 18.9 Å². The van der Waals surface area contributed by atoms with Crippen LogP contribution < -0.4 is 5.48 Å². The van der Waals surface area contributed by atoms with Gasteiger partial charge >= 0.3 is 0 Å². The molecule has 0 radical (unpaired) electrons. The molecule has 0 aliphatic heterocycles. The van der Waals surface area contributed by atoms with Crippen molar-refractivity contribution >= 4 is 29.0 Å². The Morgan fingerprint density at radius 2 is 2.39 bits per heavy atom. The van der Waals surface area contributed by atoms with Crippen LogP contribution in [0.1, 0.15) is 31.0 Å². The van der Waals surface area contributed by atoms with E-state index in [0.717, 1.165) is 22.2 Å². The van der Waals surface area contributed by atoms with Gasteiger partial charge in [0.1, 0.15) is 0 Å². The number of carbonyl (C=O) groups excluding carboxylic acids is 1. The number of thioether (sulfide) groups is 1. The van der Waals surface area contributed by atoms with E-state index in [1.54, 1.807) is 23.1 Å². The number of aryl methyl sites for hydroxylation is 1. The Morgan fingerprint density at radius 1 is 1.61 bits per heavy atom. The first kappa shape index (κ1) is 15.5. The average molecular weight is 288 g/mol. The predicted octanol–water partition coefficient (Wildman–Crippen LogP) is 2.78. The normalized spacial score (nSPS) is 10.9. The molecule has 1 N–H and O–H groups in total. The fourth-order valence-electron chi connectivity index (χ4n) is 1.16. The largest absolute Gasteiger partial charge is 0.273 e. The molecule has 0 aliphatic carbocycles. The number of carbonyl (C=O) groups is 1. The summed E-state index contributed by atoms with van der Waals surface area (Å²) >= 11 is 3.37. The molecule has 102 valence electrons. The highest BCUT2D eigenvalue weighted by molar-refractivity contribution is 7.98. The summed E-state index contributed by atoms with van der Waals surface area (Å²) in [4.78, 5) is 20.8. The van der Waals surface area contributed by atoms with Crippen molar-refractivity contribution in [2.24, 2.45) is 5.92 Å². The lowest BCUT2D eigenvalue weighted by Gasteiger charge is -2.07. The smallest absolute Gasteiger partial charge is 0.244 e. The minimum absolute atomic E-state index is 0.0578. The van der Waals surface area contributed by atoms with Crippen LogP contribution >= 0.6 is 23.1 Å². The molecule has 6 heteroatoms. The van der Waals surface area contributed by atoms with Crippen molar-refractivity contribution in [3.63, 3.8) is 0 Å². The molecule has 1 amide bonds. The molecule has 0 saturated heterocycles. The highest BCUT2D eigenvalue weighted by Gasteiger charge is 2.03. The number of nitrogens with zero attached hydrogens (tertiary/aromatic N) is 1. The summed E-state index contributed by atoms with van der Waals surface area (Å²) in [5.41, 5.74) is 3.55. The van der Waals surface area contributed by atoms with E-state index >= 15 is 0 Å². The Bertz CT molecular complexity index is 367. The second-order valence-electron chi connectivity index (χ2n) is 4.39. The molecule has 0 bridgehead atoms. The fraction of sp³-hybridized carbons (Fsp3) is 0.667. The molecule has 0 saturated carbocycles. The zero-order valence-corrected chi connectivity index (χ0v) is 12.7. The van der Waals surface area contributed by atoms with Crippen molar-refractivity contribution in [1.82, 2.24) is 10.5 Å². The first-order valence-electron chi connectivity index (χ1n) is 5.97. The van der Waals surface area contributed by atoms with E-state index in [1.165, 1.54) is 0 Å². The van der Waals surface area contributed by atoms with Gasteiger partial charge in [0, 0.05) is 23.3 Å². The highest BCUT2D eigenvalue weighted by Crippen LogP contribution is 2.15. The van der Waals surface area contributed by atoms with Crippen LogP contribution in [0.3, 0.4) is 0 Å². The SMILES string of the molecule is Cc1nc(CSCCC(=O)NOCC(C)C)cs1. The number of rotatable bonds is 8. The van der Waals surface area contributed by atoms with Crippen molar-refractivity contribution < 1.29 is 9.63 Å². The minimum atomic E-state index is -0.0578. The maximum atomic E-state index is 11.4. The Balaban J connectivity index is 2.02. The molecule has 1 heterocycles.